The third kappa shape index (κ3) is 7.78. The molecule has 1 aromatic rings. The molecule has 0 aliphatic heterocycles. The van der Waals surface area contributed by atoms with Gasteiger partial charge in [-0.05, 0) is 57.2 Å². The van der Waals surface area contributed by atoms with Gasteiger partial charge in [-0.2, -0.15) is 0 Å². The lowest BCUT2D eigenvalue weighted by molar-refractivity contribution is 0.185. The first-order valence-corrected chi connectivity index (χ1v) is 9.55. The lowest BCUT2D eigenvalue weighted by Gasteiger charge is -2.15. The molecular formula is C20H33N3O2. The summed E-state index contributed by atoms with van der Waals surface area (Å²) in [5.41, 5.74) is 0.825. The Kier molecular flexibility index (Phi) is 8.06. The average molecular weight is 348 g/mol. The molecule has 1 aliphatic rings. The summed E-state index contributed by atoms with van der Waals surface area (Å²) in [6.07, 6.45) is 4.76. The fourth-order valence-electron chi connectivity index (χ4n) is 2.70. The number of guanidine groups is 1. The Morgan fingerprint density at radius 3 is 2.80 bits per heavy atom. The number of ether oxygens (including phenoxy) is 1. The Morgan fingerprint density at radius 1 is 1.32 bits per heavy atom. The summed E-state index contributed by atoms with van der Waals surface area (Å²) in [5, 5.41) is 17.0. The quantitative estimate of drug-likeness (QED) is 0.345. The van der Waals surface area contributed by atoms with Crippen molar-refractivity contribution in [3.63, 3.8) is 0 Å². The van der Waals surface area contributed by atoms with Gasteiger partial charge in [-0.15, -0.1) is 0 Å². The van der Waals surface area contributed by atoms with Crippen LogP contribution in [-0.4, -0.2) is 36.8 Å². The van der Waals surface area contributed by atoms with E-state index in [0.717, 1.165) is 36.3 Å². The molecule has 1 aliphatic carbocycles. The number of aliphatic imine (C=N–C) groups is 1. The van der Waals surface area contributed by atoms with Gasteiger partial charge in [0.1, 0.15) is 5.75 Å². The molecule has 1 unspecified atom stereocenters. The normalized spacial score (nSPS) is 16.0. The van der Waals surface area contributed by atoms with E-state index in [4.69, 9.17) is 4.74 Å². The lowest BCUT2D eigenvalue weighted by Crippen LogP contribution is -2.38. The number of hydrogen-bond acceptors (Lipinski definition) is 3. The Balaban J connectivity index is 1.84. The van der Waals surface area contributed by atoms with Crippen LogP contribution in [0.25, 0.3) is 0 Å². The molecule has 5 nitrogen and oxygen atoms in total. The molecule has 2 rings (SSSR count). The van der Waals surface area contributed by atoms with Crippen LogP contribution < -0.4 is 15.4 Å². The van der Waals surface area contributed by atoms with Crippen LogP contribution in [-0.2, 0) is 0 Å². The first kappa shape index (κ1) is 19.6. The van der Waals surface area contributed by atoms with Crippen molar-refractivity contribution < 1.29 is 9.84 Å². The number of rotatable bonds is 10. The summed E-state index contributed by atoms with van der Waals surface area (Å²) in [6, 6.07) is 7.60. The van der Waals surface area contributed by atoms with Crippen molar-refractivity contribution in [3.05, 3.63) is 29.8 Å². The maximum Gasteiger partial charge on any atom is 0.191 e. The average Bonchev–Trinajstić information content (AvgIpc) is 3.40. The summed E-state index contributed by atoms with van der Waals surface area (Å²) < 4.78 is 5.69. The number of aliphatic hydroxyl groups excluding tert-OH is 1. The van der Waals surface area contributed by atoms with E-state index in [1.165, 1.54) is 25.7 Å². The smallest absolute Gasteiger partial charge is 0.191 e. The van der Waals surface area contributed by atoms with Crippen molar-refractivity contribution >= 4 is 5.96 Å². The molecule has 0 aromatic heterocycles. The van der Waals surface area contributed by atoms with E-state index in [-0.39, 0.29) is 6.10 Å². The van der Waals surface area contributed by atoms with Gasteiger partial charge in [0, 0.05) is 13.1 Å². The molecule has 5 heteroatoms. The highest BCUT2D eigenvalue weighted by molar-refractivity contribution is 5.79. The lowest BCUT2D eigenvalue weighted by atomic mass is 10.1. The van der Waals surface area contributed by atoms with Gasteiger partial charge in [0.15, 0.2) is 5.96 Å². The maximum atomic E-state index is 10.4. The molecule has 1 atom stereocenters. The first-order valence-electron chi connectivity index (χ1n) is 9.55. The topological polar surface area (TPSA) is 65.9 Å². The number of benzene rings is 1. The third-order valence-corrected chi connectivity index (χ3v) is 4.16. The second kappa shape index (κ2) is 10.3. The standard InChI is InChI=1S/C20H33N3O2/c1-4-21-20(22-12-6-7-16-10-11-16)23-14-19(24)17-8-5-9-18(13-17)25-15(2)3/h5,8-9,13,15-16,19,24H,4,6-7,10-12,14H2,1-3H3,(H2,21,22,23). The molecule has 25 heavy (non-hydrogen) atoms. The highest BCUT2D eigenvalue weighted by Gasteiger charge is 2.20. The van der Waals surface area contributed by atoms with Crippen LogP contribution in [0.3, 0.4) is 0 Å². The minimum absolute atomic E-state index is 0.116. The van der Waals surface area contributed by atoms with Crippen molar-refractivity contribution in [2.75, 3.05) is 19.6 Å². The molecule has 0 heterocycles. The number of hydrogen-bond donors (Lipinski definition) is 3. The van der Waals surface area contributed by atoms with Crippen LogP contribution in [0.5, 0.6) is 5.75 Å². The van der Waals surface area contributed by atoms with Crippen LogP contribution in [0.4, 0.5) is 0 Å². The van der Waals surface area contributed by atoms with Crippen LogP contribution >= 0.6 is 0 Å². The number of aliphatic hydroxyl groups is 1. The molecule has 0 spiro atoms. The number of nitrogens with one attached hydrogen (secondary N) is 2. The van der Waals surface area contributed by atoms with Crippen LogP contribution in [0.1, 0.15) is 58.1 Å². The molecule has 0 radical (unpaired) electrons. The second-order valence-electron chi connectivity index (χ2n) is 6.99. The molecule has 0 saturated heterocycles. The summed E-state index contributed by atoms with van der Waals surface area (Å²) in [6.45, 7) is 8.09. The SMILES string of the molecule is CCNC(=NCC(O)c1cccc(OC(C)C)c1)NCCCC1CC1. The zero-order valence-electron chi connectivity index (χ0n) is 15.8. The van der Waals surface area contributed by atoms with Gasteiger partial charge in [-0.1, -0.05) is 25.0 Å². The van der Waals surface area contributed by atoms with E-state index in [9.17, 15) is 5.11 Å². The van der Waals surface area contributed by atoms with Gasteiger partial charge in [-0.3, -0.25) is 4.99 Å². The predicted octanol–water partition coefficient (Wildman–Crippen LogP) is 3.25. The molecule has 140 valence electrons. The van der Waals surface area contributed by atoms with Crippen LogP contribution in [0.2, 0.25) is 0 Å². The fourth-order valence-corrected chi connectivity index (χ4v) is 2.70. The summed E-state index contributed by atoms with van der Waals surface area (Å²) >= 11 is 0. The van der Waals surface area contributed by atoms with Crippen molar-refractivity contribution in [3.8, 4) is 5.75 Å². The molecule has 0 bridgehead atoms. The molecule has 1 aromatic carbocycles. The molecule has 3 N–H and O–H groups in total. The van der Waals surface area contributed by atoms with Crippen molar-refractivity contribution in [2.45, 2.75) is 58.7 Å². The maximum absolute atomic E-state index is 10.4. The van der Waals surface area contributed by atoms with Crippen LogP contribution in [0, 0.1) is 5.92 Å². The third-order valence-electron chi connectivity index (χ3n) is 4.16. The molecule has 1 fully saturated rings. The van der Waals surface area contributed by atoms with Crippen molar-refractivity contribution in [2.24, 2.45) is 10.9 Å². The van der Waals surface area contributed by atoms with Crippen molar-refractivity contribution in [1.82, 2.24) is 10.6 Å². The Morgan fingerprint density at radius 2 is 2.12 bits per heavy atom. The number of nitrogens with zero attached hydrogens (tertiary/aromatic N) is 1. The van der Waals surface area contributed by atoms with Crippen molar-refractivity contribution in [1.29, 1.82) is 0 Å². The van der Waals surface area contributed by atoms with Gasteiger partial charge in [0.05, 0.1) is 18.8 Å². The van der Waals surface area contributed by atoms with Gasteiger partial charge in [-0.25, -0.2) is 0 Å². The van der Waals surface area contributed by atoms with Crippen LogP contribution in [0.15, 0.2) is 29.3 Å². The van der Waals surface area contributed by atoms with E-state index in [1.54, 1.807) is 0 Å². The van der Waals surface area contributed by atoms with Gasteiger partial charge in [0.2, 0.25) is 0 Å². The van der Waals surface area contributed by atoms with E-state index < -0.39 is 6.10 Å². The highest BCUT2D eigenvalue weighted by atomic mass is 16.5. The fraction of sp³-hybridized carbons (Fsp3) is 0.650. The second-order valence-corrected chi connectivity index (χ2v) is 6.99. The van der Waals surface area contributed by atoms with E-state index in [2.05, 4.69) is 15.6 Å². The van der Waals surface area contributed by atoms with Gasteiger partial charge >= 0.3 is 0 Å². The molecule has 1 saturated carbocycles. The Labute approximate surface area is 151 Å². The summed E-state index contributed by atoms with van der Waals surface area (Å²) in [4.78, 5) is 4.52. The largest absolute Gasteiger partial charge is 0.491 e. The zero-order chi connectivity index (χ0) is 18.1. The Hall–Kier alpha value is -1.75. The van der Waals surface area contributed by atoms with E-state index >= 15 is 0 Å². The molecular weight excluding hydrogens is 314 g/mol. The zero-order valence-corrected chi connectivity index (χ0v) is 15.8. The molecule has 0 amide bonds. The van der Waals surface area contributed by atoms with E-state index in [0.29, 0.717) is 6.54 Å². The summed E-state index contributed by atoms with van der Waals surface area (Å²) in [5.74, 6) is 2.51. The minimum atomic E-state index is -0.641. The minimum Gasteiger partial charge on any atom is -0.491 e. The Bertz CT molecular complexity index is 541. The highest BCUT2D eigenvalue weighted by Crippen LogP contribution is 2.33. The monoisotopic (exact) mass is 347 g/mol. The van der Waals surface area contributed by atoms with E-state index in [1.807, 2.05) is 45.0 Å². The van der Waals surface area contributed by atoms with Gasteiger partial charge in [0.25, 0.3) is 0 Å². The predicted molar refractivity (Wildman–Crippen MR) is 103 cm³/mol. The van der Waals surface area contributed by atoms with Gasteiger partial charge < -0.3 is 20.5 Å². The first-order chi connectivity index (χ1) is 12.1. The summed E-state index contributed by atoms with van der Waals surface area (Å²) in [7, 11) is 0.